The molecule has 0 amide bonds. The summed E-state index contributed by atoms with van der Waals surface area (Å²) in [6.45, 7) is 1.85. The molecule has 8 heteroatoms. The van der Waals surface area contributed by atoms with E-state index in [2.05, 4.69) is 15.2 Å². The highest BCUT2D eigenvalue weighted by molar-refractivity contribution is 6.33. The summed E-state index contributed by atoms with van der Waals surface area (Å²) >= 11 is 6.00. The third kappa shape index (κ3) is 3.05. The molecule has 1 saturated heterocycles. The van der Waals surface area contributed by atoms with Gasteiger partial charge in [-0.2, -0.15) is 0 Å². The average Bonchev–Trinajstić information content (AvgIpc) is 2.33. The summed E-state index contributed by atoms with van der Waals surface area (Å²) in [7, 11) is 2.02. The predicted molar refractivity (Wildman–Crippen MR) is 74.5 cm³/mol. The van der Waals surface area contributed by atoms with Crippen molar-refractivity contribution in [1.29, 1.82) is 0 Å². The van der Waals surface area contributed by atoms with Gasteiger partial charge in [-0.05, 0) is 26.4 Å². The van der Waals surface area contributed by atoms with Crippen LogP contribution in [0.3, 0.4) is 0 Å². The number of piperidine rings is 1. The molecule has 0 saturated carbocycles. The van der Waals surface area contributed by atoms with Crippen molar-refractivity contribution in [3.05, 3.63) is 21.3 Å². The Bertz CT molecular complexity index is 496. The van der Waals surface area contributed by atoms with Gasteiger partial charge in [0.05, 0.1) is 16.1 Å². The number of hydrogen-bond acceptors (Lipinski definition) is 6. The van der Waals surface area contributed by atoms with E-state index in [0.717, 1.165) is 25.9 Å². The maximum absolute atomic E-state index is 11.1. The number of nitro groups is 1. The van der Waals surface area contributed by atoms with Crippen LogP contribution in [0.25, 0.3) is 0 Å². The molecule has 1 aromatic heterocycles. The van der Waals surface area contributed by atoms with E-state index in [0.29, 0.717) is 0 Å². The van der Waals surface area contributed by atoms with Crippen molar-refractivity contribution in [2.75, 3.05) is 31.2 Å². The number of nitrogens with one attached hydrogen (secondary N) is 1. The lowest BCUT2D eigenvalue weighted by atomic mass is 10.1. The average molecular weight is 286 g/mol. The van der Waals surface area contributed by atoms with E-state index in [-0.39, 0.29) is 28.3 Å². The van der Waals surface area contributed by atoms with Crippen LogP contribution in [-0.4, -0.2) is 41.0 Å². The molecule has 3 N–H and O–H groups in total. The smallest absolute Gasteiger partial charge is 0.335 e. The van der Waals surface area contributed by atoms with Gasteiger partial charge in [-0.3, -0.25) is 10.1 Å². The zero-order valence-electron chi connectivity index (χ0n) is 10.6. The zero-order chi connectivity index (χ0) is 14.0. The monoisotopic (exact) mass is 285 g/mol. The van der Waals surface area contributed by atoms with Crippen molar-refractivity contribution < 1.29 is 4.92 Å². The molecule has 0 aliphatic carbocycles. The van der Waals surface area contributed by atoms with Crippen LogP contribution < -0.4 is 11.1 Å². The Morgan fingerprint density at radius 3 is 3.05 bits per heavy atom. The molecule has 2 rings (SSSR count). The Morgan fingerprint density at radius 2 is 2.42 bits per heavy atom. The molecule has 0 spiro atoms. The molecule has 0 radical (unpaired) electrons. The second-order valence-corrected chi connectivity index (χ2v) is 5.13. The van der Waals surface area contributed by atoms with Gasteiger partial charge in [0.2, 0.25) is 5.82 Å². The summed E-state index contributed by atoms with van der Waals surface area (Å²) in [5, 5.41) is 14.4. The summed E-state index contributed by atoms with van der Waals surface area (Å²) in [6.07, 6.45) is 3.32. The van der Waals surface area contributed by atoms with Crippen LogP contribution in [0.4, 0.5) is 17.2 Å². The largest absolute Gasteiger partial charge is 0.378 e. The third-order valence-corrected chi connectivity index (χ3v) is 3.48. The predicted octanol–water partition coefficient (Wildman–Crippen LogP) is 1.73. The first-order chi connectivity index (χ1) is 8.99. The second kappa shape index (κ2) is 5.58. The van der Waals surface area contributed by atoms with Gasteiger partial charge < -0.3 is 16.0 Å². The van der Waals surface area contributed by atoms with E-state index in [1.165, 1.54) is 6.20 Å². The van der Waals surface area contributed by atoms with E-state index in [1.807, 2.05) is 7.05 Å². The van der Waals surface area contributed by atoms with Gasteiger partial charge in [0.15, 0.2) is 0 Å². The first kappa shape index (κ1) is 13.8. The SMILES string of the molecule is CN1CCCC(Nc2c(Cl)cnc(N)c2[N+](=O)[O-])C1. The Kier molecular flexibility index (Phi) is 4.06. The lowest BCUT2D eigenvalue weighted by molar-refractivity contribution is -0.383. The van der Waals surface area contributed by atoms with E-state index in [4.69, 9.17) is 17.3 Å². The number of likely N-dealkylation sites (tertiary alicyclic amines) is 1. The van der Waals surface area contributed by atoms with Crippen molar-refractivity contribution in [1.82, 2.24) is 9.88 Å². The molecule has 1 fully saturated rings. The second-order valence-electron chi connectivity index (χ2n) is 4.72. The van der Waals surface area contributed by atoms with E-state index < -0.39 is 4.92 Å². The number of anilines is 2. The lowest BCUT2D eigenvalue weighted by Crippen LogP contribution is -2.39. The molecule has 1 aromatic rings. The Balaban J connectivity index is 2.28. The Morgan fingerprint density at radius 1 is 1.68 bits per heavy atom. The number of pyridine rings is 1. The molecule has 2 heterocycles. The van der Waals surface area contributed by atoms with Crippen LogP contribution >= 0.6 is 11.6 Å². The van der Waals surface area contributed by atoms with Crippen molar-refractivity contribution in [3.63, 3.8) is 0 Å². The van der Waals surface area contributed by atoms with Gasteiger partial charge in [-0.25, -0.2) is 4.98 Å². The molecule has 1 unspecified atom stereocenters. The number of nitrogens with two attached hydrogens (primary N) is 1. The molecule has 7 nitrogen and oxygen atoms in total. The molecule has 0 bridgehead atoms. The van der Waals surface area contributed by atoms with E-state index in [1.54, 1.807) is 0 Å². The van der Waals surface area contributed by atoms with Gasteiger partial charge in [0.1, 0.15) is 5.69 Å². The van der Waals surface area contributed by atoms with Crippen LogP contribution in [0, 0.1) is 10.1 Å². The number of likely N-dealkylation sites (N-methyl/N-ethyl adjacent to an activating group) is 1. The van der Waals surface area contributed by atoms with Gasteiger partial charge in [0, 0.05) is 12.6 Å². The summed E-state index contributed by atoms with van der Waals surface area (Å²) in [5.41, 5.74) is 5.58. The maximum atomic E-state index is 11.1. The van der Waals surface area contributed by atoms with Crippen molar-refractivity contribution >= 4 is 28.8 Å². The van der Waals surface area contributed by atoms with Gasteiger partial charge in [0.25, 0.3) is 0 Å². The van der Waals surface area contributed by atoms with E-state index >= 15 is 0 Å². The number of halogens is 1. The first-order valence-electron chi connectivity index (χ1n) is 6.02. The summed E-state index contributed by atoms with van der Waals surface area (Å²) in [4.78, 5) is 16.4. The molecular weight excluding hydrogens is 270 g/mol. The zero-order valence-corrected chi connectivity index (χ0v) is 11.4. The van der Waals surface area contributed by atoms with Gasteiger partial charge >= 0.3 is 5.69 Å². The number of aromatic nitrogens is 1. The van der Waals surface area contributed by atoms with Crippen molar-refractivity contribution in [2.45, 2.75) is 18.9 Å². The summed E-state index contributed by atoms with van der Waals surface area (Å²) in [6, 6.07) is 0.122. The minimum Gasteiger partial charge on any atom is -0.378 e. The number of rotatable bonds is 3. The number of hydrogen-bond donors (Lipinski definition) is 2. The molecule has 1 atom stereocenters. The van der Waals surface area contributed by atoms with Crippen molar-refractivity contribution in [3.8, 4) is 0 Å². The fraction of sp³-hybridized carbons (Fsp3) is 0.545. The van der Waals surface area contributed by atoms with Crippen LogP contribution in [0.1, 0.15) is 12.8 Å². The molecule has 1 aliphatic rings. The molecular formula is C11H16ClN5O2. The van der Waals surface area contributed by atoms with Crippen LogP contribution in [0.5, 0.6) is 0 Å². The Labute approximate surface area is 115 Å². The minimum absolute atomic E-state index is 0.122. The molecule has 19 heavy (non-hydrogen) atoms. The minimum atomic E-state index is -0.552. The highest BCUT2D eigenvalue weighted by Crippen LogP contribution is 2.36. The lowest BCUT2D eigenvalue weighted by Gasteiger charge is -2.30. The van der Waals surface area contributed by atoms with Crippen LogP contribution in [0.15, 0.2) is 6.20 Å². The maximum Gasteiger partial charge on any atom is 0.335 e. The topological polar surface area (TPSA) is 97.3 Å². The first-order valence-corrected chi connectivity index (χ1v) is 6.40. The van der Waals surface area contributed by atoms with Crippen molar-refractivity contribution in [2.24, 2.45) is 0 Å². The van der Waals surface area contributed by atoms with Gasteiger partial charge in [-0.1, -0.05) is 11.6 Å². The normalized spacial score (nSPS) is 20.2. The number of nitrogens with zero attached hydrogens (tertiary/aromatic N) is 3. The fourth-order valence-corrected chi connectivity index (χ4v) is 2.50. The highest BCUT2D eigenvalue weighted by atomic mass is 35.5. The van der Waals surface area contributed by atoms with Gasteiger partial charge in [-0.15, -0.1) is 0 Å². The summed E-state index contributed by atoms with van der Waals surface area (Å²) < 4.78 is 0. The van der Waals surface area contributed by atoms with E-state index in [9.17, 15) is 10.1 Å². The summed E-state index contributed by atoms with van der Waals surface area (Å²) in [5.74, 6) is -0.124. The molecule has 1 aliphatic heterocycles. The number of nitrogen functional groups attached to an aromatic ring is 1. The Hall–Kier alpha value is -1.60. The molecule has 0 aromatic carbocycles. The highest BCUT2D eigenvalue weighted by Gasteiger charge is 2.26. The molecule has 104 valence electrons. The fourth-order valence-electron chi connectivity index (χ4n) is 2.30. The standard InChI is InChI=1S/C11H16ClN5O2/c1-16-4-2-3-7(6-16)15-9-8(12)5-14-11(13)10(9)17(18)19/h5,7H,2-4,6H2,1H3,(H3,13,14,15). The van der Waals surface area contributed by atoms with Crippen LogP contribution in [0.2, 0.25) is 5.02 Å². The quantitative estimate of drug-likeness (QED) is 0.648. The third-order valence-electron chi connectivity index (χ3n) is 3.19. The van der Waals surface area contributed by atoms with Crippen LogP contribution in [-0.2, 0) is 0 Å².